The number of hydrogen-bond acceptors (Lipinski definition) is 3. The molecule has 1 aliphatic rings. The molecule has 0 amide bonds. The van der Waals surface area contributed by atoms with Crippen LogP contribution in [0.2, 0.25) is 5.02 Å². The fraction of sp³-hybridized carbons (Fsp3) is 0.364. The van der Waals surface area contributed by atoms with E-state index < -0.39 is 9.84 Å². The molecule has 1 aliphatic carbocycles. The average Bonchev–Trinajstić information content (AvgIpc) is 3.36. The first kappa shape index (κ1) is 20.0. The summed E-state index contributed by atoms with van der Waals surface area (Å²) in [4.78, 5) is 0.335. The molecule has 27 heavy (non-hydrogen) atoms. The van der Waals surface area contributed by atoms with Crippen molar-refractivity contribution in [2.75, 3.05) is 13.4 Å². The molecule has 5 heteroatoms. The molecular formula is C22H25ClO3S. The number of benzene rings is 2. The molecule has 0 saturated heterocycles. The molecule has 0 aliphatic heterocycles. The van der Waals surface area contributed by atoms with E-state index in [9.17, 15) is 8.42 Å². The highest BCUT2D eigenvalue weighted by atomic mass is 35.5. The van der Waals surface area contributed by atoms with Crippen LogP contribution < -0.4 is 4.74 Å². The number of ether oxygens (including phenoxy) is 1. The fourth-order valence-electron chi connectivity index (χ4n) is 3.25. The van der Waals surface area contributed by atoms with Crippen LogP contribution in [0.25, 0.3) is 11.1 Å². The molecular weight excluding hydrogens is 380 g/mol. The molecule has 1 saturated carbocycles. The largest absolute Gasteiger partial charge is 0.495 e. The third-order valence-corrected chi connectivity index (χ3v) is 6.80. The molecule has 0 unspecified atom stereocenters. The summed E-state index contributed by atoms with van der Waals surface area (Å²) in [5.74, 6) is 0.660. The van der Waals surface area contributed by atoms with Gasteiger partial charge in [-0.25, -0.2) is 8.42 Å². The molecule has 0 spiro atoms. The Kier molecular flexibility index (Phi) is 5.42. The summed E-state index contributed by atoms with van der Waals surface area (Å²) in [7, 11) is -1.59. The Morgan fingerprint density at radius 1 is 1.11 bits per heavy atom. The van der Waals surface area contributed by atoms with E-state index in [2.05, 4.69) is 13.8 Å². The van der Waals surface area contributed by atoms with Gasteiger partial charge in [0, 0.05) is 6.26 Å². The van der Waals surface area contributed by atoms with Crippen LogP contribution in [0.4, 0.5) is 0 Å². The van der Waals surface area contributed by atoms with Gasteiger partial charge in [0.15, 0.2) is 9.84 Å². The van der Waals surface area contributed by atoms with Gasteiger partial charge in [-0.05, 0) is 78.1 Å². The predicted molar refractivity (Wildman–Crippen MR) is 112 cm³/mol. The maximum Gasteiger partial charge on any atom is 0.175 e. The maximum atomic E-state index is 11.7. The number of halogens is 1. The third kappa shape index (κ3) is 4.56. The van der Waals surface area contributed by atoms with E-state index in [0.29, 0.717) is 21.1 Å². The standard InChI is InChI=1S/C22H25ClO3S/c1-15(16-5-8-18(9-6-16)27(4,24)25)19(14-22(2)11-12-22)17-7-10-21(26-3)20(23)13-17/h5-10,13H,11-12,14H2,1-4H3/b19-15-. The van der Waals surface area contributed by atoms with Gasteiger partial charge in [0.25, 0.3) is 0 Å². The van der Waals surface area contributed by atoms with Crippen LogP contribution in [0.3, 0.4) is 0 Å². The van der Waals surface area contributed by atoms with Crippen LogP contribution in [0, 0.1) is 5.41 Å². The topological polar surface area (TPSA) is 43.4 Å². The van der Waals surface area contributed by atoms with Gasteiger partial charge in [-0.3, -0.25) is 0 Å². The summed E-state index contributed by atoms with van der Waals surface area (Å²) in [5, 5.41) is 0.591. The van der Waals surface area contributed by atoms with Gasteiger partial charge in [-0.2, -0.15) is 0 Å². The van der Waals surface area contributed by atoms with Crippen molar-refractivity contribution in [1.82, 2.24) is 0 Å². The summed E-state index contributed by atoms with van der Waals surface area (Å²) >= 11 is 6.37. The van der Waals surface area contributed by atoms with E-state index in [4.69, 9.17) is 16.3 Å². The van der Waals surface area contributed by atoms with Crippen molar-refractivity contribution in [3.05, 3.63) is 58.6 Å². The van der Waals surface area contributed by atoms with Crippen molar-refractivity contribution in [2.45, 2.75) is 38.0 Å². The van der Waals surface area contributed by atoms with Crippen molar-refractivity contribution in [2.24, 2.45) is 5.41 Å². The van der Waals surface area contributed by atoms with Crippen molar-refractivity contribution >= 4 is 32.6 Å². The second kappa shape index (κ2) is 7.33. The van der Waals surface area contributed by atoms with Crippen LogP contribution in [0.15, 0.2) is 47.4 Å². The van der Waals surface area contributed by atoms with E-state index in [1.165, 1.54) is 24.7 Å². The lowest BCUT2D eigenvalue weighted by molar-refractivity contribution is 0.415. The van der Waals surface area contributed by atoms with E-state index in [0.717, 1.165) is 23.1 Å². The molecule has 2 aromatic rings. The van der Waals surface area contributed by atoms with E-state index in [1.54, 1.807) is 19.2 Å². The predicted octanol–water partition coefficient (Wildman–Crippen LogP) is 5.87. The lowest BCUT2D eigenvalue weighted by Gasteiger charge is -2.18. The number of allylic oxidation sites excluding steroid dienone is 2. The normalized spacial score (nSPS) is 16.6. The maximum absolute atomic E-state index is 11.7. The van der Waals surface area contributed by atoms with Gasteiger partial charge in [-0.1, -0.05) is 36.7 Å². The Labute approximate surface area is 166 Å². The summed E-state index contributed by atoms with van der Waals surface area (Å²) in [6, 6.07) is 13.0. The average molecular weight is 405 g/mol. The Hall–Kier alpha value is -1.78. The highest BCUT2D eigenvalue weighted by molar-refractivity contribution is 7.90. The minimum absolute atomic E-state index is 0.329. The minimum atomic E-state index is -3.20. The molecule has 0 N–H and O–H groups in total. The quantitative estimate of drug-likeness (QED) is 0.565. The van der Waals surface area contributed by atoms with E-state index in [1.807, 2.05) is 30.3 Å². The second-order valence-electron chi connectivity index (χ2n) is 7.74. The number of methoxy groups -OCH3 is 1. The molecule has 0 atom stereocenters. The van der Waals surface area contributed by atoms with Crippen LogP contribution in [0.1, 0.15) is 44.2 Å². The van der Waals surface area contributed by atoms with Crippen molar-refractivity contribution in [3.8, 4) is 5.75 Å². The number of hydrogen-bond donors (Lipinski definition) is 0. The number of sulfone groups is 1. The summed E-state index contributed by atoms with van der Waals surface area (Å²) < 4.78 is 28.7. The van der Waals surface area contributed by atoms with E-state index in [-0.39, 0.29) is 0 Å². The van der Waals surface area contributed by atoms with Crippen molar-refractivity contribution in [1.29, 1.82) is 0 Å². The van der Waals surface area contributed by atoms with Gasteiger partial charge in [0.1, 0.15) is 5.75 Å². The van der Waals surface area contributed by atoms with Crippen LogP contribution in [-0.4, -0.2) is 21.8 Å². The van der Waals surface area contributed by atoms with Crippen molar-refractivity contribution in [3.63, 3.8) is 0 Å². The Morgan fingerprint density at radius 3 is 2.19 bits per heavy atom. The molecule has 0 aromatic heterocycles. The lowest BCUT2D eigenvalue weighted by Crippen LogP contribution is -2.00. The summed E-state index contributed by atoms with van der Waals surface area (Å²) in [5.41, 5.74) is 4.82. The molecule has 3 rings (SSSR count). The Morgan fingerprint density at radius 2 is 1.70 bits per heavy atom. The lowest BCUT2D eigenvalue weighted by atomic mass is 9.87. The van der Waals surface area contributed by atoms with Gasteiger partial charge in [-0.15, -0.1) is 0 Å². The third-order valence-electron chi connectivity index (χ3n) is 5.38. The fourth-order valence-corrected chi connectivity index (χ4v) is 4.14. The Bertz CT molecular complexity index is 985. The highest BCUT2D eigenvalue weighted by Gasteiger charge is 2.38. The van der Waals surface area contributed by atoms with E-state index >= 15 is 0 Å². The molecule has 3 nitrogen and oxygen atoms in total. The smallest absolute Gasteiger partial charge is 0.175 e. The minimum Gasteiger partial charge on any atom is -0.495 e. The monoisotopic (exact) mass is 404 g/mol. The zero-order chi connectivity index (χ0) is 19.8. The first-order valence-corrected chi connectivity index (χ1v) is 11.2. The van der Waals surface area contributed by atoms with Crippen LogP contribution in [0.5, 0.6) is 5.75 Å². The van der Waals surface area contributed by atoms with Crippen molar-refractivity contribution < 1.29 is 13.2 Å². The first-order valence-electron chi connectivity index (χ1n) is 8.97. The molecule has 0 heterocycles. The van der Waals surface area contributed by atoms with Gasteiger partial charge < -0.3 is 4.74 Å². The van der Waals surface area contributed by atoms with Crippen LogP contribution >= 0.6 is 11.6 Å². The second-order valence-corrected chi connectivity index (χ2v) is 10.2. The Balaban J connectivity index is 2.07. The zero-order valence-corrected chi connectivity index (χ0v) is 17.7. The van der Waals surface area contributed by atoms with Gasteiger partial charge >= 0.3 is 0 Å². The molecule has 2 aromatic carbocycles. The SMILES string of the molecule is COc1ccc(/C(CC2(C)CC2)=C(/C)c2ccc(S(C)(=O)=O)cc2)cc1Cl. The number of rotatable bonds is 6. The molecule has 1 fully saturated rings. The first-order chi connectivity index (χ1) is 12.6. The molecule has 144 valence electrons. The zero-order valence-electron chi connectivity index (χ0n) is 16.2. The summed E-state index contributed by atoms with van der Waals surface area (Å²) in [6.07, 6.45) is 4.64. The molecule has 0 bridgehead atoms. The molecule has 0 radical (unpaired) electrons. The highest BCUT2D eigenvalue weighted by Crippen LogP contribution is 2.53. The summed E-state index contributed by atoms with van der Waals surface area (Å²) in [6.45, 7) is 4.40. The van der Waals surface area contributed by atoms with Gasteiger partial charge in [0.2, 0.25) is 0 Å². The van der Waals surface area contributed by atoms with Gasteiger partial charge in [0.05, 0.1) is 17.0 Å². The van der Waals surface area contributed by atoms with Crippen LogP contribution in [-0.2, 0) is 9.84 Å².